The van der Waals surface area contributed by atoms with Gasteiger partial charge in [-0.25, -0.2) is 0 Å². The van der Waals surface area contributed by atoms with E-state index in [0.29, 0.717) is 0 Å². The fourth-order valence-corrected chi connectivity index (χ4v) is 6.71. The van der Waals surface area contributed by atoms with Crippen LogP contribution in [0.15, 0.2) is 152 Å². The Morgan fingerprint density at radius 1 is 0.432 bits per heavy atom. The molecule has 2 nitrogen and oxygen atoms in total. The lowest BCUT2D eigenvalue weighted by Gasteiger charge is -2.48. The molecule has 0 heterocycles. The van der Waals surface area contributed by atoms with Crippen LogP contribution in [-0.2, 0) is 10.8 Å². The van der Waals surface area contributed by atoms with E-state index in [-0.39, 0.29) is 10.8 Å². The fourth-order valence-electron chi connectivity index (χ4n) is 6.71. The normalized spacial score (nSPS) is 14.3. The van der Waals surface area contributed by atoms with E-state index < -0.39 is 0 Å². The number of anilines is 5. The van der Waals surface area contributed by atoms with Crippen LogP contribution >= 0.6 is 0 Å². The third kappa shape index (κ3) is 4.68. The van der Waals surface area contributed by atoms with Gasteiger partial charge in [-0.2, -0.15) is 0 Å². The Kier molecular flexibility index (Phi) is 6.86. The molecular weight excluding hydrogens is 532 g/mol. The summed E-state index contributed by atoms with van der Waals surface area (Å²) in [7, 11) is 0. The van der Waals surface area contributed by atoms with E-state index in [4.69, 9.17) is 0 Å². The fraction of sp³-hybridized carbons (Fsp3) is 0.143. The van der Waals surface area contributed by atoms with Gasteiger partial charge in [0.25, 0.3) is 0 Å². The summed E-state index contributed by atoms with van der Waals surface area (Å²) in [5.41, 5.74) is 13.5. The molecular formula is C42H38N2. The van der Waals surface area contributed by atoms with E-state index in [9.17, 15) is 0 Å². The Bertz CT molecular complexity index is 1880. The summed E-state index contributed by atoms with van der Waals surface area (Å²) >= 11 is 0. The lowest BCUT2D eigenvalue weighted by Crippen LogP contribution is -2.43. The average Bonchev–Trinajstić information content (AvgIpc) is 3.06. The molecule has 7 rings (SSSR count). The third-order valence-corrected chi connectivity index (χ3v) is 9.82. The van der Waals surface area contributed by atoms with Crippen molar-refractivity contribution in [2.75, 3.05) is 10.2 Å². The molecule has 1 aliphatic carbocycles. The van der Waals surface area contributed by atoms with E-state index in [1.165, 1.54) is 33.4 Å². The van der Waals surface area contributed by atoms with Crippen molar-refractivity contribution in [3.05, 3.63) is 163 Å². The standard InChI is InChI=1S/C42H38N2/c1-41(2)38-21-13-11-20-36(38)37-29-30(23-28-39(37)42(41,3)4)35-19-12-14-22-40(35)43-31-24-26-34(27-25-31)44(32-15-7-5-8-16-32)33-17-9-6-10-18-33/h5-29,43H,1-4H3. The van der Waals surface area contributed by atoms with E-state index >= 15 is 0 Å². The Morgan fingerprint density at radius 3 is 1.57 bits per heavy atom. The van der Waals surface area contributed by atoms with E-state index in [0.717, 1.165) is 28.4 Å². The van der Waals surface area contributed by atoms with Crippen LogP contribution in [0.5, 0.6) is 0 Å². The molecule has 44 heavy (non-hydrogen) atoms. The highest BCUT2D eigenvalue weighted by molar-refractivity contribution is 5.87. The first-order valence-electron chi connectivity index (χ1n) is 15.5. The van der Waals surface area contributed by atoms with Crippen molar-refractivity contribution < 1.29 is 0 Å². The minimum Gasteiger partial charge on any atom is -0.355 e. The van der Waals surface area contributed by atoms with Crippen molar-refractivity contribution >= 4 is 28.4 Å². The molecule has 216 valence electrons. The van der Waals surface area contributed by atoms with Gasteiger partial charge in [-0.15, -0.1) is 0 Å². The predicted molar refractivity (Wildman–Crippen MR) is 188 cm³/mol. The topological polar surface area (TPSA) is 15.3 Å². The number of nitrogens with zero attached hydrogens (tertiary/aromatic N) is 1. The molecule has 6 aromatic rings. The smallest absolute Gasteiger partial charge is 0.0463 e. The molecule has 6 aromatic carbocycles. The van der Waals surface area contributed by atoms with Gasteiger partial charge in [-0.1, -0.05) is 119 Å². The first-order valence-corrected chi connectivity index (χ1v) is 15.5. The van der Waals surface area contributed by atoms with Crippen LogP contribution in [0.1, 0.15) is 38.8 Å². The molecule has 1 N–H and O–H groups in total. The third-order valence-electron chi connectivity index (χ3n) is 9.82. The van der Waals surface area contributed by atoms with Crippen LogP contribution in [-0.4, -0.2) is 0 Å². The van der Waals surface area contributed by atoms with Crippen molar-refractivity contribution in [2.24, 2.45) is 0 Å². The van der Waals surface area contributed by atoms with Crippen LogP contribution in [0, 0.1) is 0 Å². The number of nitrogens with one attached hydrogen (secondary N) is 1. The Morgan fingerprint density at radius 2 is 0.932 bits per heavy atom. The lowest BCUT2D eigenvalue weighted by atomic mass is 9.55. The van der Waals surface area contributed by atoms with Crippen molar-refractivity contribution in [1.82, 2.24) is 0 Å². The van der Waals surface area contributed by atoms with Crippen molar-refractivity contribution in [2.45, 2.75) is 38.5 Å². The van der Waals surface area contributed by atoms with Crippen LogP contribution in [0.2, 0.25) is 0 Å². The number of rotatable bonds is 6. The maximum Gasteiger partial charge on any atom is 0.0463 e. The van der Waals surface area contributed by atoms with Gasteiger partial charge >= 0.3 is 0 Å². The second-order valence-corrected chi connectivity index (χ2v) is 12.8. The zero-order valence-electron chi connectivity index (χ0n) is 25.9. The van der Waals surface area contributed by atoms with Crippen LogP contribution in [0.3, 0.4) is 0 Å². The summed E-state index contributed by atoms with van der Waals surface area (Å²) in [6.07, 6.45) is 0. The minimum absolute atomic E-state index is 0.00210. The van der Waals surface area contributed by atoms with Crippen molar-refractivity contribution in [3.63, 3.8) is 0 Å². The molecule has 0 saturated heterocycles. The van der Waals surface area contributed by atoms with Crippen LogP contribution < -0.4 is 10.2 Å². The predicted octanol–water partition coefficient (Wildman–Crippen LogP) is 11.8. The van der Waals surface area contributed by atoms with Gasteiger partial charge < -0.3 is 10.2 Å². The second kappa shape index (κ2) is 10.9. The summed E-state index contributed by atoms with van der Waals surface area (Å²) in [5, 5.41) is 3.73. The molecule has 0 fully saturated rings. The Labute approximate surface area is 261 Å². The van der Waals surface area contributed by atoms with Crippen LogP contribution in [0.4, 0.5) is 28.4 Å². The number of fused-ring (bicyclic) bond motifs is 3. The molecule has 0 atom stereocenters. The zero-order valence-corrected chi connectivity index (χ0v) is 25.9. The molecule has 0 spiro atoms. The summed E-state index contributed by atoms with van der Waals surface area (Å²) in [4.78, 5) is 2.28. The lowest BCUT2D eigenvalue weighted by molar-refractivity contribution is 0.299. The largest absolute Gasteiger partial charge is 0.355 e. The average molecular weight is 571 g/mol. The van der Waals surface area contributed by atoms with Crippen LogP contribution in [0.25, 0.3) is 22.3 Å². The molecule has 0 aliphatic heterocycles. The van der Waals surface area contributed by atoms with Gasteiger partial charge in [0.15, 0.2) is 0 Å². The minimum atomic E-state index is 0.00210. The molecule has 0 bridgehead atoms. The maximum absolute atomic E-state index is 3.73. The van der Waals surface area contributed by atoms with Gasteiger partial charge in [-0.05, 0) is 99.3 Å². The highest BCUT2D eigenvalue weighted by Crippen LogP contribution is 2.54. The summed E-state index contributed by atoms with van der Waals surface area (Å²) < 4.78 is 0. The molecule has 0 saturated carbocycles. The van der Waals surface area contributed by atoms with Gasteiger partial charge in [0.2, 0.25) is 0 Å². The highest BCUT2D eigenvalue weighted by Gasteiger charge is 2.45. The molecule has 0 amide bonds. The zero-order chi connectivity index (χ0) is 30.3. The van der Waals surface area contributed by atoms with Gasteiger partial charge in [0.05, 0.1) is 0 Å². The molecule has 1 aliphatic rings. The molecule has 0 aromatic heterocycles. The van der Waals surface area contributed by atoms with Crippen molar-refractivity contribution in [3.8, 4) is 22.3 Å². The molecule has 0 radical (unpaired) electrons. The Balaban J connectivity index is 1.23. The first-order chi connectivity index (χ1) is 21.3. The number of hydrogen-bond donors (Lipinski definition) is 1. The number of para-hydroxylation sites is 3. The summed E-state index contributed by atoms with van der Waals surface area (Å²) in [5.74, 6) is 0. The molecule has 0 unspecified atom stereocenters. The van der Waals surface area contributed by atoms with E-state index in [1.54, 1.807) is 0 Å². The first kappa shape index (κ1) is 27.7. The second-order valence-electron chi connectivity index (χ2n) is 12.8. The SMILES string of the molecule is CC1(C)c2ccccc2-c2cc(-c3ccccc3Nc3ccc(N(c4ccccc4)c4ccccc4)cc3)ccc2C1(C)C. The highest BCUT2D eigenvalue weighted by atomic mass is 15.1. The van der Waals surface area contributed by atoms with Crippen molar-refractivity contribution in [1.29, 1.82) is 0 Å². The van der Waals surface area contributed by atoms with E-state index in [1.807, 2.05) is 0 Å². The van der Waals surface area contributed by atoms with Gasteiger partial charge in [0.1, 0.15) is 0 Å². The van der Waals surface area contributed by atoms with Gasteiger partial charge in [-0.3, -0.25) is 0 Å². The monoisotopic (exact) mass is 570 g/mol. The number of benzene rings is 6. The number of hydrogen-bond acceptors (Lipinski definition) is 2. The summed E-state index contributed by atoms with van der Waals surface area (Å²) in [6, 6.07) is 54.3. The molecule has 2 heteroatoms. The Hall–Kier alpha value is -5.08. The summed E-state index contributed by atoms with van der Waals surface area (Å²) in [6.45, 7) is 9.53. The van der Waals surface area contributed by atoms with Gasteiger partial charge in [0, 0.05) is 34.0 Å². The quantitative estimate of drug-likeness (QED) is 0.214. The van der Waals surface area contributed by atoms with E-state index in [2.05, 4.69) is 190 Å². The maximum atomic E-state index is 3.73.